The van der Waals surface area contributed by atoms with Crippen LogP contribution in [-0.2, 0) is 68.7 Å². The van der Waals surface area contributed by atoms with Gasteiger partial charge in [-0.1, -0.05) is 44.2 Å². The molecule has 0 aliphatic carbocycles. The van der Waals surface area contributed by atoms with Crippen molar-refractivity contribution in [3.8, 4) is 0 Å². The van der Waals surface area contributed by atoms with Crippen LogP contribution >= 0.6 is 11.8 Å². The Morgan fingerprint density at radius 1 is 0.592 bits per heavy atom. The second-order valence-corrected chi connectivity index (χ2v) is 19.3. The molecule has 9 unspecified atom stereocenters. The Balaban J connectivity index is 2.37. The molecule has 29 heteroatoms. The Morgan fingerprint density at radius 2 is 1.03 bits per heavy atom. The summed E-state index contributed by atoms with van der Waals surface area (Å²) >= 11 is 1.48. The number of aliphatic carboxylic acids is 5. The molecule has 28 nitrogen and oxygen atoms in total. The first kappa shape index (κ1) is 64.7. The number of likely N-dealkylation sites (tertiary alicyclic amines) is 1. The SMILES string of the molecule is CSCCC(N)C(=O)NC(Cc1ccccc1)C(=O)N1CCCC1C(=O)NC(CC(C)C)C(=O)NC(CC(=O)O)C(=O)NC(CC(=O)O)C(=O)NC(CC(=O)O)C(=O)NC(CC(=O)O)C(=O)NC(CCCCN)C(=O)O. The van der Waals surface area contributed by atoms with Crippen LogP contribution in [0.2, 0.25) is 0 Å². The molecule has 0 saturated carbocycles. The van der Waals surface area contributed by atoms with Gasteiger partial charge in [-0.25, -0.2) is 4.79 Å². The van der Waals surface area contributed by atoms with Crippen molar-refractivity contribution in [3.05, 3.63) is 35.9 Å². The summed E-state index contributed by atoms with van der Waals surface area (Å²) in [7, 11) is 0. The fraction of sp³-hybridized carbons (Fsp3) is 0.596. The van der Waals surface area contributed by atoms with E-state index in [0.717, 1.165) is 0 Å². The van der Waals surface area contributed by atoms with Crippen molar-refractivity contribution in [1.29, 1.82) is 0 Å². The van der Waals surface area contributed by atoms with Gasteiger partial charge in [0, 0.05) is 13.0 Å². The van der Waals surface area contributed by atoms with Crippen molar-refractivity contribution < 1.29 is 87.9 Å². The van der Waals surface area contributed by atoms with Crippen LogP contribution in [0.3, 0.4) is 0 Å². The summed E-state index contributed by atoms with van der Waals surface area (Å²) in [6, 6.07) is -6.10. The maximum atomic E-state index is 14.2. The fourth-order valence-electron chi connectivity index (χ4n) is 7.83. The highest BCUT2D eigenvalue weighted by Gasteiger charge is 2.41. The van der Waals surface area contributed by atoms with E-state index < -0.39 is 157 Å². The number of nitrogens with zero attached hydrogens (tertiary/aromatic N) is 1. The fourth-order valence-corrected chi connectivity index (χ4v) is 8.32. The number of amides is 8. The van der Waals surface area contributed by atoms with Crippen LogP contribution in [-0.4, -0.2) is 187 Å². The third kappa shape index (κ3) is 23.0. The smallest absolute Gasteiger partial charge is 0.326 e. The molecule has 1 fully saturated rings. The molecule has 8 amide bonds. The number of hydrogen-bond acceptors (Lipinski definition) is 16. The van der Waals surface area contributed by atoms with Gasteiger partial charge in [0.1, 0.15) is 48.3 Å². The van der Waals surface area contributed by atoms with Crippen molar-refractivity contribution in [2.75, 3.05) is 25.1 Å². The Bertz CT molecular complexity index is 2240. The number of unbranched alkanes of at least 4 members (excludes halogenated alkanes) is 1. The molecular weight excluding hydrogens is 1020 g/mol. The van der Waals surface area contributed by atoms with Crippen LogP contribution < -0.4 is 48.7 Å². The molecule has 1 aromatic rings. The average Bonchev–Trinajstić information content (AvgIpc) is 3.84. The lowest BCUT2D eigenvalue weighted by molar-refractivity contribution is -0.145. The van der Waals surface area contributed by atoms with E-state index in [1.807, 2.05) is 22.2 Å². The summed E-state index contributed by atoms with van der Waals surface area (Å²) in [5, 5.41) is 63.4. The maximum absolute atomic E-state index is 14.2. The van der Waals surface area contributed by atoms with Crippen molar-refractivity contribution in [2.45, 2.75) is 145 Å². The van der Waals surface area contributed by atoms with Gasteiger partial charge in [-0.3, -0.25) is 57.5 Å². The van der Waals surface area contributed by atoms with E-state index in [1.54, 1.807) is 44.2 Å². The number of nitrogens with two attached hydrogens (primary N) is 2. The Kier molecular flexibility index (Phi) is 27.9. The summed E-state index contributed by atoms with van der Waals surface area (Å²) in [6.45, 7) is 3.64. The molecule has 76 heavy (non-hydrogen) atoms. The Labute approximate surface area is 441 Å². The lowest BCUT2D eigenvalue weighted by Crippen LogP contribution is -2.61. The van der Waals surface area contributed by atoms with Crippen molar-refractivity contribution >= 4 is 88.9 Å². The molecule has 0 aromatic heterocycles. The first-order valence-corrected chi connectivity index (χ1v) is 25.7. The minimum Gasteiger partial charge on any atom is -0.481 e. The molecule has 0 spiro atoms. The summed E-state index contributed by atoms with van der Waals surface area (Å²) < 4.78 is 0. The second-order valence-electron chi connectivity index (χ2n) is 18.3. The molecule has 0 bridgehead atoms. The Morgan fingerprint density at radius 3 is 1.43 bits per heavy atom. The quantitative estimate of drug-likeness (QED) is 0.0299. The van der Waals surface area contributed by atoms with Gasteiger partial charge in [0.25, 0.3) is 0 Å². The Hall–Kier alpha value is -7.40. The lowest BCUT2D eigenvalue weighted by Gasteiger charge is -2.31. The van der Waals surface area contributed by atoms with Crippen LogP contribution in [0.1, 0.15) is 90.0 Å². The van der Waals surface area contributed by atoms with E-state index in [2.05, 4.69) is 21.3 Å². The number of benzene rings is 1. The largest absolute Gasteiger partial charge is 0.481 e. The third-order valence-corrected chi connectivity index (χ3v) is 12.3. The van der Waals surface area contributed by atoms with Crippen LogP contribution in [0, 0.1) is 5.92 Å². The monoisotopic (exact) mass is 1090 g/mol. The summed E-state index contributed by atoms with van der Waals surface area (Å²) in [5.41, 5.74) is 12.2. The zero-order chi connectivity index (χ0) is 57.2. The zero-order valence-corrected chi connectivity index (χ0v) is 43.1. The van der Waals surface area contributed by atoms with Gasteiger partial charge in [-0.05, 0) is 75.0 Å². The van der Waals surface area contributed by atoms with Gasteiger partial charge in [-0.15, -0.1) is 0 Å². The highest BCUT2D eigenvalue weighted by Crippen LogP contribution is 2.21. The van der Waals surface area contributed by atoms with Crippen molar-refractivity contribution in [1.82, 2.24) is 42.1 Å². The van der Waals surface area contributed by atoms with Crippen LogP contribution in [0.5, 0.6) is 0 Å². The van der Waals surface area contributed by atoms with E-state index in [-0.39, 0.29) is 51.1 Å². The van der Waals surface area contributed by atoms with E-state index in [4.69, 9.17) is 11.5 Å². The van der Waals surface area contributed by atoms with Gasteiger partial charge in [0.2, 0.25) is 47.3 Å². The van der Waals surface area contributed by atoms with Crippen LogP contribution in [0.4, 0.5) is 0 Å². The highest BCUT2D eigenvalue weighted by atomic mass is 32.2. The molecule has 16 N–H and O–H groups in total. The number of nitrogens with one attached hydrogen (secondary N) is 7. The number of rotatable bonds is 35. The molecule has 422 valence electrons. The van der Waals surface area contributed by atoms with E-state index in [9.17, 15) is 87.9 Å². The predicted octanol–water partition coefficient (Wildman–Crippen LogP) is -3.15. The number of hydrogen-bond donors (Lipinski definition) is 14. The van der Waals surface area contributed by atoms with Gasteiger partial charge in [0.05, 0.1) is 31.7 Å². The standard InChI is InChI=1S/C47H70N10O18S/c1-24(2)18-28(55-45(72)34-13-9-16-57(34)46(73)33(19-25-10-5-4-6-11-25)56-39(66)26(49)14-17-76-3)40(67)51-30(21-36(60)61)42(69)53-32(23-38(64)65)44(71)54-31(22-37(62)63)43(70)52-29(20-35(58)59)41(68)50-27(47(74)75)12-7-8-15-48/h4-6,10-11,24,26-34H,7-9,12-23,48-49H2,1-3H3,(H,50,68)(H,51,67)(H,52,70)(H,53,69)(H,54,71)(H,55,72)(H,56,66)(H,58,59)(H,60,61)(H,62,63)(H,64,65)(H,74,75). The highest BCUT2D eigenvalue weighted by molar-refractivity contribution is 7.98. The van der Waals surface area contributed by atoms with Gasteiger partial charge in [0.15, 0.2) is 0 Å². The third-order valence-electron chi connectivity index (χ3n) is 11.7. The topological polar surface area (TPSA) is 463 Å². The van der Waals surface area contributed by atoms with Gasteiger partial charge < -0.3 is 79.1 Å². The lowest BCUT2D eigenvalue weighted by atomic mass is 10.0. The minimum atomic E-state index is -2.23. The molecule has 0 radical (unpaired) electrons. The molecule has 2 rings (SSSR count). The summed E-state index contributed by atoms with van der Waals surface area (Å²) in [4.78, 5) is 170. The van der Waals surface area contributed by atoms with Crippen LogP contribution in [0.25, 0.3) is 0 Å². The summed E-state index contributed by atoms with van der Waals surface area (Å²) in [6.07, 6.45) is -1.87. The molecular formula is C47H70N10O18S. The number of thioether (sulfide) groups is 1. The number of carboxylic acids is 5. The van der Waals surface area contributed by atoms with Gasteiger partial charge in [-0.2, -0.15) is 11.8 Å². The van der Waals surface area contributed by atoms with Crippen LogP contribution in [0.15, 0.2) is 30.3 Å². The normalized spacial score (nSPS) is 16.2. The average molecular weight is 1100 g/mol. The molecule has 1 aliphatic heterocycles. The van der Waals surface area contributed by atoms with Crippen molar-refractivity contribution in [2.24, 2.45) is 17.4 Å². The number of carboxylic acid groups (broad SMARTS) is 5. The van der Waals surface area contributed by atoms with Gasteiger partial charge >= 0.3 is 29.8 Å². The van der Waals surface area contributed by atoms with E-state index in [0.29, 0.717) is 30.6 Å². The second kappa shape index (κ2) is 32.8. The predicted molar refractivity (Wildman–Crippen MR) is 268 cm³/mol. The van der Waals surface area contributed by atoms with E-state index >= 15 is 0 Å². The molecule has 1 aliphatic rings. The first-order valence-electron chi connectivity index (χ1n) is 24.3. The molecule has 1 heterocycles. The molecule has 9 atom stereocenters. The minimum absolute atomic E-state index is 0.0495. The molecule has 1 aromatic carbocycles. The number of carbonyl (C=O) groups is 13. The number of carbonyl (C=O) groups excluding carboxylic acids is 8. The van der Waals surface area contributed by atoms with E-state index in [1.165, 1.54) is 16.7 Å². The maximum Gasteiger partial charge on any atom is 0.326 e. The molecule has 1 saturated heterocycles. The van der Waals surface area contributed by atoms with Crippen molar-refractivity contribution in [3.63, 3.8) is 0 Å². The zero-order valence-electron chi connectivity index (χ0n) is 42.3. The summed E-state index contributed by atoms with van der Waals surface area (Å²) in [5.74, 6) is -17.1. The first-order chi connectivity index (χ1) is 35.8.